The van der Waals surface area contributed by atoms with Crippen LogP contribution in [0.15, 0.2) is 16.6 Å². The van der Waals surface area contributed by atoms with Gasteiger partial charge in [-0.3, -0.25) is 4.79 Å². The fraction of sp³-hybridized carbons (Fsp3) is 0.462. The van der Waals surface area contributed by atoms with Crippen molar-refractivity contribution in [3.8, 4) is 11.5 Å². The normalized spacial score (nSPS) is 16.2. The summed E-state index contributed by atoms with van der Waals surface area (Å²) in [5.41, 5.74) is 0.618. The zero-order valence-electron chi connectivity index (χ0n) is 10.3. The number of benzene rings is 1. The lowest BCUT2D eigenvalue weighted by atomic mass is 9.91. The largest absolute Gasteiger partial charge is 0.497 e. The van der Waals surface area contributed by atoms with Crippen molar-refractivity contribution in [3.05, 3.63) is 22.2 Å². The van der Waals surface area contributed by atoms with Crippen molar-refractivity contribution in [2.24, 2.45) is 0 Å². The number of hydrogen-bond donors (Lipinski definition) is 1. The van der Waals surface area contributed by atoms with Gasteiger partial charge in [-0.2, -0.15) is 0 Å². The van der Waals surface area contributed by atoms with E-state index in [1.54, 1.807) is 14.2 Å². The summed E-state index contributed by atoms with van der Waals surface area (Å²) in [4.78, 5) is 11.0. The Hall–Kier alpha value is -1.23. The number of carboxylic acid groups (broad SMARTS) is 1. The molecule has 2 rings (SSSR count). The molecule has 0 atom stereocenters. The van der Waals surface area contributed by atoms with Crippen LogP contribution in [-0.4, -0.2) is 25.3 Å². The maximum Gasteiger partial charge on any atom is 0.304 e. The van der Waals surface area contributed by atoms with Crippen molar-refractivity contribution in [1.82, 2.24) is 0 Å². The van der Waals surface area contributed by atoms with Crippen molar-refractivity contribution >= 4 is 21.9 Å². The van der Waals surface area contributed by atoms with Crippen LogP contribution in [0.3, 0.4) is 0 Å². The van der Waals surface area contributed by atoms with Gasteiger partial charge in [0.25, 0.3) is 0 Å². The van der Waals surface area contributed by atoms with E-state index in [0.29, 0.717) is 11.5 Å². The van der Waals surface area contributed by atoms with E-state index in [2.05, 4.69) is 15.9 Å². The predicted molar refractivity (Wildman–Crippen MR) is 70.4 cm³/mol. The molecule has 1 aliphatic rings. The first-order valence-corrected chi connectivity index (χ1v) is 6.45. The lowest BCUT2D eigenvalue weighted by Crippen LogP contribution is -2.14. The van der Waals surface area contributed by atoms with Crippen LogP contribution >= 0.6 is 15.9 Å². The number of rotatable bonds is 5. The van der Waals surface area contributed by atoms with Gasteiger partial charge in [0.15, 0.2) is 0 Å². The highest BCUT2D eigenvalue weighted by atomic mass is 79.9. The monoisotopic (exact) mass is 314 g/mol. The Labute approximate surface area is 114 Å². The Morgan fingerprint density at radius 1 is 1.39 bits per heavy atom. The standard InChI is InChI=1S/C13H15BrO4/c1-17-8-5-9(12(18-2)10(14)6-8)13(3-4-13)7-11(15)16/h5-6H,3-4,7H2,1-2H3,(H,15,16). The average molecular weight is 315 g/mol. The number of carboxylic acids is 1. The highest BCUT2D eigenvalue weighted by Crippen LogP contribution is 2.55. The molecule has 0 amide bonds. The van der Waals surface area contributed by atoms with Gasteiger partial charge in [-0.15, -0.1) is 0 Å². The third-order valence-electron chi connectivity index (χ3n) is 3.37. The van der Waals surface area contributed by atoms with Gasteiger partial charge in [0.2, 0.25) is 0 Å². The van der Waals surface area contributed by atoms with E-state index in [4.69, 9.17) is 14.6 Å². The number of halogens is 1. The Balaban J connectivity index is 2.48. The van der Waals surface area contributed by atoms with Crippen LogP contribution in [-0.2, 0) is 10.2 Å². The van der Waals surface area contributed by atoms with E-state index < -0.39 is 5.97 Å². The van der Waals surface area contributed by atoms with Crippen molar-refractivity contribution in [1.29, 1.82) is 0 Å². The number of aliphatic carboxylic acids is 1. The van der Waals surface area contributed by atoms with Crippen molar-refractivity contribution in [2.75, 3.05) is 14.2 Å². The second-order valence-electron chi connectivity index (χ2n) is 4.54. The number of ether oxygens (including phenoxy) is 2. The molecule has 0 bridgehead atoms. The molecule has 1 aromatic rings. The molecule has 0 unspecified atom stereocenters. The van der Waals surface area contributed by atoms with E-state index >= 15 is 0 Å². The summed E-state index contributed by atoms with van der Waals surface area (Å²) in [5, 5.41) is 9.03. The van der Waals surface area contributed by atoms with E-state index in [-0.39, 0.29) is 11.8 Å². The molecule has 1 aliphatic carbocycles. The first-order chi connectivity index (χ1) is 8.52. The molecule has 0 radical (unpaired) electrons. The first-order valence-electron chi connectivity index (χ1n) is 5.66. The highest BCUT2D eigenvalue weighted by molar-refractivity contribution is 9.10. The smallest absolute Gasteiger partial charge is 0.304 e. The molecule has 1 aromatic carbocycles. The maximum absolute atomic E-state index is 11.0. The first kappa shape index (κ1) is 13.2. The van der Waals surface area contributed by atoms with Crippen LogP contribution in [0, 0.1) is 0 Å². The molecular formula is C13H15BrO4. The Kier molecular flexibility index (Phi) is 3.52. The molecule has 0 aliphatic heterocycles. The molecule has 1 saturated carbocycles. The molecule has 0 saturated heterocycles. The number of hydrogen-bond acceptors (Lipinski definition) is 3. The molecule has 98 valence electrons. The topological polar surface area (TPSA) is 55.8 Å². The molecule has 1 N–H and O–H groups in total. The van der Waals surface area contributed by atoms with Gasteiger partial charge < -0.3 is 14.6 Å². The van der Waals surface area contributed by atoms with Crippen LogP contribution in [0.1, 0.15) is 24.8 Å². The van der Waals surface area contributed by atoms with Crippen LogP contribution < -0.4 is 9.47 Å². The second-order valence-corrected chi connectivity index (χ2v) is 5.40. The SMILES string of the molecule is COc1cc(Br)c(OC)c(C2(CC(=O)O)CC2)c1. The minimum absolute atomic E-state index is 0.128. The average Bonchev–Trinajstić information content (AvgIpc) is 3.07. The molecule has 5 heteroatoms. The molecule has 1 fully saturated rings. The summed E-state index contributed by atoms with van der Waals surface area (Å²) in [6, 6.07) is 3.69. The summed E-state index contributed by atoms with van der Waals surface area (Å²) in [5.74, 6) is 0.623. The highest BCUT2D eigenvalue weighted by Gasteiger charge is 2.48. The maximum atomic E-state index is 11.0. The van der Waals surface area contributed by atoms with E-state index in [0.717, 1.165) is 22.9 Å². The van der Waals surface area contributed by atoms with Crippen LogP contribution in [0.25, 0.3) is 0 Å². The fourth-order valence-electron chi connectivity index (χ4n) is 2.27. The molecule has 4 nitrogen and oxygen atoms in total. The van der Waals surface area contributed by atoms with Crippen molar-refractivity contribution in [2.45, 2.75) is 24.7 Å². The van der Waals surface area contributed by atoms with E-state index in [9.17, 15) is 4.79 Å². The van der Waals surface area contributed by atoms with Crippen LogP contribution in [0.4, 0.5) is 0 Å². The van der Waals surface area contributed by atoms with Gasteiger partial charge in [0.05, 0.1) is 25.1 Å². The van der Waals surface area contributed by atoms with Crippen molar-refractivity contribution < 1.29 is 19.4 Å². The van der Waals surface area contributed by atoms with Crippen LogP contribution in [0.5, 0.6) is 11.5 Å². The summed E-state index contributed by atoms with van der Waals surface area (Å²) >= 11 is 3.43. The third-order valence-corrected chi connectivity index (χ3v) is 3.96. The second kappa shape index (κ2) is 4.80. The van der Waals surface area contributed by atoms with Gasteiger partial charge in [0.1, 0.15) is 11.5 Å². The quantitative estimate of drug-likeness (QED) is 0.907. The summed E-state index contributed by atoms with van der Waals surface area (Å²) in [7, 11) is 3.18. The lowest BCUT2D eigenvalue weighted by Gasteiger charge is -2.19. The molecule has 0 spiro atoms. The summed E-state index contributed by atoms with van der Waals surface area (Å²) in [6.45, 7) is 0. The minimum atomic E-state index is -0.784. The Morgan fingerprint density at radius 3 is 2.50 bits per heavy atom. The summed E-state index contributed by atoms with van der Waals surface area (Å²) in [6.07, 6.45) is 1.87. The molecule has 0 aromatic heterocycles. The molecule has 0 heterocycles. The van der Waals surface area contributed by atoms with E-state index in [1.807, 2.05) is 12.1 Å². The van der Waals surface area contributed by atoms with E-state index in [1.165, 1.54) is 0 Å². The zero-order valence-corrected chi connectivity index (χ0v) is 11.9. The van der Waals surface area contributed by atoms with Crippen LogP contribution in [0.2, 0.25) is 0 Å². The van der Waals surface area contributed by atoms with Gasteiger partial charge >= 0.3 is 5.97 Å². The van der Waals surface area contributed by atoms with Gasteiger partial charge in [-0.05, 0) is 40.9 Å². The Morgan fingerprint density at radius 2 is 2.06 bits per heavy atom. The minimum Gasteiger partial charge on any atom is -0.497 e. The third kappa shape index (κ3) is 2.32. The number of methoxy groups -OCH3 is 2. The molecule has 18 heavy (non-hydrogen) atoms. The van der Waals surface area contributed by atoms with Gasteiger partial charge in [0, 0.05) is 11.0 Å². The fourth-order valence-corrected chi connectivity index (χ4v) is 2.87. The number of carbonyl (C=O) groups is 1. The van der Waals surface area contributed by atoms with Crippen molar-refractivity contribution in [3.63, 3.8) is 0 Å². The van der Waals surface area contributed by atoms with Gasteiger partial charge in [-0.1, -0.05) is 0 Å². The zero-order chi connectivity index (χ0) is 13.3. The summed E-state index contributed by atoms with van der Waals surface area (Å²) < 4.78 is 11.4. The lowest BCUT2D eigenvalue weighted by molar-refractivity contribution is -0.137. The van der Waals surface area contributed by atoms with Gasteiger partial charge in [-0.25, -0.2) is 0 Å². The Bertz CT molecular complexity index is 480. The predicted octanol–water partition coefficient (Wildman–Crippen LogP) is 2.97. The molecular weight excluding hydrogens is 300 g/mol.